The Balaban J connectivity index is 1.12. The van der Waals surface area contributed by atoms with E-state index in [1.807, 2.05) is 60.7 Å². The van der Waals surface area contributed by atoms with E-state index in [9.17, 15) is 14.0 Å². The number of benzene rings is 4. The largest absolute Gasteiger partial charge is 0.354 e. The summed E-state index contributed by atoms with van der Waals surface area (Å²) in [6, 6.07) is 31.9. The van der Waals surface area contributed by atoms with Crippen LogP contribution in [-0.4, -0.2) is 61.4 Å². The molecule has 0 aliphatic carbocycles. The number of amides is 2. The SMILES string of the molecule is CN(C(=O)CN1CCN(Cc2ccccc2)CC1)c1ccc(N/C(=C2\C(=O)Nc3cc(F)ccc32)c2ccccc2)cc1. The van der Waals surface area contributed by atoms with Crippen LogP contribution in [0.5, 0.6) is 0 Å². The number of likely N-dealkylation sites (N-methyl/N-ethyl adjacent to an activating group) is 1. The highest BCUT2D eigenvalue weighted by molar-refractivity contribution is 6.37. The minimum absolute atomic E-state index is 0.0378. The van der Waals surface area contributed by atoms with E-state index in [1.54, 1.807) is 18.0 Å². The van der Waals surface area contributed by atoms with Gasteiger partial charge in [-0.3, -0.25) is 19.4 Å². The summed E-state index contributed by atoms with van der Waals surface area (Å²) in [5.41, 5.74) is 5.83. The van der Waals surface area contributed by atoms with Gasteiger partial charge in [0, 0.05) is 56.7 Å². The predicted octanol–water partition coefficient (Wildman–Crippen LogP) is 5.54. The molecule has 0 bridgehead atoms. The summed E-state index contributed by atoms with van der Waals surface area (Å²) < 4.78 is 13.9. The van der Waals surface area contributed by atoms with Crippen molar-refractivity contribution in [3.05, 3.63) is 126 Å². The lowest BCUT2D eigenvalue weighted by molar-refractivity contribution is -0.120. The molecule has 2 aliphatic rings. The van der Waals surface area contributed by atoms with Crippen LogP contribution in [0.1, 0.15) is 16.7 Å². The Bertz CT molecular complexity index is 1630. The number of rotatable bonds is 8. The highest BCUT2D eigenvalue weighted by atomic mass is 19.1. The molecule has 8 heteroatoms. The maximum Gasteiger partial charge on any atom is 0.258 e. The van der Waals surface area contributed by atoms with Crippen molar-refractivity contribution in [1.29, 1.82) is 0 Å². The summed E-state index contributed by atoms with van der Waals surface area (Å²) in [5.74, 6) is -0.667. The molecule has 2 heterocycles. The average molecular weight is 576 g/mol. The molecule has 6 rings (SSSR count). The number of halogens is 1. The van der Waals surface area contributed by atoms with Crippen molar-refractivity contribution in [2.24, 2.45) is 0 Å². The van der Waals surface area contributed by atoms with Crippen LogP contribution >= 0.6 is 0 Å². The molecule has 0 spiro atoms. The fourth-order valence-electron chi connectivity index (χ4n) is 5.58. The van der Waals surface area contributed by atoms with Crippen molar-refractivity contribution < 1.29 is 14.0 Å². The summed E-state index contributed by atoms with van der Waals surface area (Å²) in [6.45, 7) is 4.88. The lowest BCUT2D eigenvalue weighted by Crippen LogP contribution is -2.49. The minimum Gasteiger partial charge on any atom is -0.354 e. The van der Waals surface area contributed by atoms with Gasteiger partial charge >= 0.3 is 0 Å². The molecular weight excluding hydrogens is 541 g/mol. The minimum atomic E-state index is -0.408. The molecule has 0 atom stereocenters. The van der Waals surface area contributed by atoms with Crippen molar-refractivity contribution in [2.75, 3.05) is 55.3 Å². The van der Waals surface area contributed by atoms with Crippen LogP contribution in [0.25, 0.3) is 11.3 Å². The molecular formula is C35H34FN5O2. The predicted molar refractivity (Wildman–Crippen MR) is 170 cm³/mol. The van der Waals surface area contributed by atoms with Gasteiger partial charge < -0.3 is 15.5 Å². The van der Waals surface area contributed by atoms with E-state index >= 15 is 0 Å². The quantitative estimate of drug-likeness (QED) is 0.270. The summed E-state index contributed by atoms with van der Waals surface area (Å²) in [5, 5.41) is 6.19. The van der Waals surface area contributed by atoms with Gasteiger partial charge in [0.1, 0.15) is 5.82 Å². The molecule has 43 heavy (non-hydrogen) atoms. The second-order valence-corrected chi connectivity index (χ2v) is 10.9. The highest BCUT2D eigenvalue weighted by Gasteiger charge is 2.29. The van der Waals surface area contributed by atoms with Crippen molar-refractivity contribution in [3.63, 3.8) is 0 Å². The van der Waals surface area contributed by atoms with Crippen LogP contribution < -0.4 is 15.5 Å². The first-order valence-corrected chi connectivity index (χ1v) is 14.5. The molecule has 2 aliphatic heterocycles. The van der Waals surface area contributed by atoms with E-state index in [4.69, 9.17) is 0 Å². The topological polar surface area (TPSA) is 67.9 Å². The molecule has 0 aromatic heterocycles. The fourth-order valence-corrected chi connectivity index (χ4v) is 5.58. The number of nitrogens with one attached hydrogen (secondary N) is 2. The lowest BCUT2D eigenvalue weighted by Gasteiger charge is -2.35. The Labute approximate surface area is 251 Å². The molecule has 7 nitrogen and oxygen atoms in total. The van der Waals surface area contributed by atoms with Gasteiger partial charge in [0.05, 0.1) is 23.5 Å². The zero-order valence-corrected chi connectivity index (χ0v) is 24.1. The van der Waals surface area contributed by atoms with Crippen LogP contribution in [0.3, 0.4) is 0 Å². The number of fused-ring (bicyclic) bond motifs is 1. The first-order valence-electron chi connectivity index (χ1n) is 14.5. The molecule has 0 saturated carbocycles. The number of hydrogen-bond donors (Lipinski definition) is 2. The van der Waals surface area contributed by atoms with Crippen LogP contribution in [-0.2, 0) is 16.1 Å². The third-order valence-electron chi connectivity index (χ3n) is 8.01. The monoisotopic (exact) mass is 575 g/mol. The van der Waals surface area contributed by atoms with Gasteiger partial charge in [0.25, 0.3) is 5.91 Å². The van der Waals surface area contributed by atoms with E-state index in [2.05, 4.69) is 44.7 Å². The van der Waals surface area contributed by atoms with Crippen molar-refractivity contribution in [3.8, 4) is 0 Å². The number of piperazine rings is 1. The Morgan fingerprint density at radius 3 is 2.21 bits per heavy atom. The molecule has 4 aromatic rings. The molecule has 1 fully saturated rings. The van der Waals surface area contributed by atoms with E-state index in [1.165, 1.54) is 17.7 Å². The zero-order valence-electron chi connectivity index (χ0n) is 24.1. The van der Waals surface area contributed by atoms with Crippen LogP contribution in [0.2, 0.25) is 0 Å². The smallest absolute Gasteiger partial charge is 0.258 e. The molecule has 4 aromatic carbocycles. The molecule has 2 amide bonds. The second-order valence-electron chi connectivity index (χ2n) is 10.9. The fraction of sp³-hybridized carbons (Fsp3) is 0.200. The van der Waals surface area contributed by atoms with Crippen LogP contribution in [0.4, 0.5) is 21.5 Å². The van der Waals surface area contributed by atoms with E-state index in [-0.39, 0.29) is 11.8 Å². The summed E-state index contributed by atoms with van der Waals surface area (Å²) in [6.07, 6.45) is 0. The molecule has 0 radical (unpaired) electrons. The van der Waals surface area contributed by atoms with E-state index in [0.717, 1.165) is 49.7 Å². The summed E-state index contributed by atoms with van der Waals surface area (Å²) >= 11 is 0. The van der Waals surface area contributed by atoms with Gasteiger partial charge in [0.15, 0.2) is 0 Å². The van der Waals surface area contributed by atoms with Crippen molar-refractivity contribution >= 4 is 40.1 Å². The van der Waals surface area contributed by atoms with Crippen molar-refractivity contribution in [1.82, 2.24) is 9.80 Å². The number of anilines is 3. The summed E-state index contributed by atoms with van der Waals surface area (Å²) in [4.78, 5) is 32.5. The number of carbonyl (C=O) groups excluding carboxylic acids is 2. The normalized spacial score (nSPS) is 16.4. The Morgan fingerprint density at radius 2 is 1.51 bits per heavy atom. The van der Waals surface area contributed by atoms with Crippen molar-refractivity contribution in [2.45, 2.75) is 6.54 Å². The Kier molecular flexibility index (Phi) is 8.31. The van der Waals surface area contributed by atoms with Gasteiger partial charge in [-0.2, -0.15) is 0 Å². The number of carbonyl (C=O) groups is 2. The first-order chi connectivity index (χ1) is 20.9. The van der Waals surface area contributed by atoms with Gasteiger partial charge in [-0.25, -0.2) is 4.39 Å². The standard InChI is InChI=1S/C35H34FN5O2/c1-39(32(42)24-41-20-18-40(19-21-41)23-25-8-4-2-5-9-25)29-15-13-28(14-16-29)37-34(26-10-6-3-7-11-26)33-30-17-12-27(36)22-31(30)38-35(33)43/h2-17,22,37H,18-21,23-24H2,1H3,(H,38,43)/b34-33-. The lowest BCUT2D eigenvalue weighted by atomic mass is 10.00. The van der Waals surface area contributed by atoms with Crippen LogP contribution in [0, 0.1) is 5.82 Å². The van der Waals surface area contributed by atoms with E-state index in [0.29, 0.717) is 29.1 Å². The molecule has 0 unspecified atom stereocenters. The Hall–Kier alpha value is -4.79. The highest BCUT2D eigenvalue weighted by Crippen LogP contribution is 2.38. The molecule has 1 saturated heterocycles. The maximum absolute atomic E-state index is 13.9. The van der Waals surface area contributed by atoms with E-state index < -0.39 is 5.82 Å². The second kappa shape index (κ2) is 12.6. The maximum atomic E-state index is 13.9. The van der Waals surface area contributed by atoms with Gasteiger partial charge in [-0.05, 0) is 53.6 Å². The average Bonchev–Trinajstić information content (AvgIpc) is 3.36. The zero-order chi connectivity index (χ0) is 29.8. The third kappa shape index (κ3) is 6.51. The molecule has 2 N–H and O–H groups in total. The number of nitrogens with zero attached hydrogens (tertiary/aromatic N) is 3. The molecule has 218 valence electrons. The third-order valence-corrected chi connectivity index (χ3v) is 8.01. The van der Waals surface area contributed by atoms with Gasteiger partial charge in [0.2, 0.25) is 5.91 Å². The van der Waals surface area contributed by atoms with Crippen LogP contribution in [0.15, 0.2) is 103 Å². The Morgan fingerprint density at radius 1 is 0.860 bits per heavy atom. The first kappa shape index (κ1) is 28.3. The number of hydrogen-bond acceptors (Lipinski definition) is 5. The summed E-state index contributed by atoms with van der Waals surface area (Å²) in [7, 11) is 1.80. The van der Waals surface area contributed by atoms with Gasteiger partial charge in [-0.1, -0.05) is 60.7 Å². The van der Waals surface area contributed by atoms with Gasteiger partial charge in [-0.15, -0.1) is 0 Å².